The third-order valence-electron chi connectivity index (χ3n) is 4.61. The third kappa shape index (κ3) is 2.90. The SMILES string of the molecule is Cc1ccccc1C1(CNC(=O)c2ccc(CN)cc2)CC1. The van der Waals surface area contributed by atoms with Crippen molar-refractivity contribution in [3.63, 3.8) is 0 Å². The monoisotopic (exact) mass is 294 g/mol. The lowest BCUT2D eigenvalue weighted by molar-refractivity contribution is 0.0949. The molecule has 0 saturated heterocycles. The second-order valence-corrected chi connectivity index (χ2v) is 6.18. The van der Waals surface area contributed by atoms with Crippen molar-refractivity contribution in [3.8, 4) is 0 Å². The average molecular weight is 294 g/mol. The zero-order chi connectivity index (χ0) is 15.6. The van der Waals surface area contributed by atoms with Crippen LogP contribution >= 0.6 is 0 Å². The second-order valence-electron chi connectivity index (χ2n) is 6.18. The van der Waals surface area contributed by atoms with E-state index < -0.39 is 0 Å². The largest absolute Gasteiger partial charge is 0.351 e. The average Bonchev–Trinajstić information content (AvgIpc) is 3.34. The summed E-state index contributed by atoms with van der Waals surface area (Å²) in [5, 5.41) is 3.09. The summed E-state index contributed by atoms with van der Waals surface area (Å²) in [6.07, 6.45) is 2.29. The first-order valence-corrected chi connectivity index (χ1v) is 7.78. The molecule has 3 heteroatoms. The molecule has 3 rings (SSSR count). The Morgan fingerprint density at radius 2 is 1.82 bits per heavy atom. The summed E-state index contributed by atoms with van der Waals surface area (Å²) >= 11 is 0. The van der Waals surface area contributed by atoms with Crippen LogP contribution in [0, 0.1) is 6.92 Å². The lowest BCUT2D eigenvalue weighted by Crippen LogP contribution is -2.32. The molecular formula is C19H22N2O. The number of hydrogen-bond acceptors (Lipinski definition) is 2. The van der Waals surface area contributed by atoms with E-state index in [-0.39, 0.29) is 11.3 Å². The maximum Gasteiger partial charge on any atom is 0.251 e. The van der Waals surface area contributed by atoms with Gasteiger partial charge in [-0.05, 0) is 48.6 Å². The molecule has 2 aromatic rings. The molecule has 0 radical (unpaired) electrons. The molecule has 3 N–H and O–H groups in total. The van der Waals surface area contributed by atoms with E-state index in [0.717, 1.165) is 18.4 Å². The number of carbonyl (C=O) groups is 1. The molecule has 0 unspecified atom stereocenters. The van der Waals surface area contributed by atoms with E-state index >= 15 is 0 Å². The molecule has 0 spiro atoms. The minimum Gasteiger partial charge on any atom is -0.351 e. The Bertz CT molecular complexity index is 672. The van der Waals surface area contributed by atoms with E-state index in [1.54, 1.807) is 0 Å². The zero-order valence-corrected chi connectivity index (χ0v) is 12.9. The van der Waals surface area contributed by atoms with Gasteiger partial charge in [-0.15, -0.1) is 0 Å². The Balaban J connectivity index is 1.67. The Labute approximate surface area is 131 Å². The topological polar surface area (TPSA) is 55.1 Å². The van der Waals surface area contributed by atoms with Crippen molar-refractivity contribution in [3.05, 3.63) is 70.8 Å². The Hall–Kier alpha value is -2.13. The molecular weight excluding hydrogens is 272 g/mol. The quantitative estimate of drug-likeness (QED) is 0.891. The Morgan fingerprint density at radius 3 is 2.41 bits per heavy atom. The molecule has 3 nitrogen and oxygen atoms in total. The number of rotatable bonds is 5. The summed E-state index contributed by atoms with van der Waals surface area (Å²) in [5.41, 5.74) is 10.1. The highest BCUT2D eigenvalue weighted by molar-refractivity contribution is 5.94. The summed E-state index contributed by atoms with van der Waals surface area (Å²) in [6.45, 7) is 3.34. The lowest BCUT2D eigenvalue weighted by atomic mass is 9.92. The first-order valence-electron chi connectivity index (χ1n) is 7.78. The smallest absolute Gasteiger partial charge is 0.251 e. The summed E-state index contributed by atoms with van der Waals surface area (Å²) < 4.78 is 0. The summed E-state index contributed by atoms with van der Waals surface area (Å²) in [6, 6.07) is 16.0. The van der Waals surface area contributed by atoms with Crippen molar-refractivity contribution in [1.82, 2.24) is 5.32 Å². The van der Waals surface area contributed by atoms with Gasteiger partial charge in [0, 0.05) is 24.1 Å². The van der Waals surface area contributed by atoms with Crippen LogP contribution in [0.1, 0.15) is 39.9 Å². The molecule has 22 heavy (non-hydrogen) atoms. The van der Waals surface area contributed by atoms with Crippen molar-refractivity contribution < 1.29 is 4.79 Å². The van der Waals surface area contributed by atoms with Crippen molar-refractivity contribution in [2.24, 2.45) is 5.73 Å². The van der Waals surface area contributed by atoms with Crippen molar-refractivity contribution in [2.75, 3.05) is 6.54 Å². The van der Waals surface area contributed by atoms with Gasteiger partial charge >= 0.3 is 0 Å². The maximum atomic E-state index is 12.3. The zero-order valence-electron chi connectivity index (χ0n) is 12.9. The van der Waals surface area contributed by atoms with Crippen LogP contribution in [-0.2, 0) is 12.0 Å². The number of aryl methyl sites for hydroxylation is 1. The van der Waals surface area contributed by atoms with Gasteiger partial charge < -0.3 is 11.1 Å². The van der Waals surface area contributed by atoms with Crippen LogP contribution in [0.15, 0.2) is 48.5 Å². The maximum absolute atomic E-state index is 12.3. The van der Waals surface area contributed by atoms with Gasteiger partial charge in [0.2, 0.25) is 0 Å². The van der Waals surface area contributed by atoms with Crippen molar-refractivity contribution in [2.45, 2.75) is 31.7 Å². The first-order chi connectivity index (χ1) is 10.6. The van der Waals surface area contributed by atoms with E-state index in [1.807, 2.05) is 24.3 Å². The number of nitrogens with one attached hydrogen (secondary N) is 1. The Kier molecular flexibility index (Phi) is 3.99. The second kappa shape index (κ2) is 5.93. The van der Waals surface area contributed by atoms with E-state index in [2.05, 4.69) is 36.5 Å². The van der Waals surface area contributed by atoms with Gasteiger partial charge in [-0.25, -0.2) is 0 Å². The van der Waals surface area contributed by atoms with Crippen molar-refractivity contribution in [1.29, 1.82) is 0 Å². The number of carbonyl (C=O) groups excluding carboxylic acids is 1. The van der Waals surface area contributed by atoms with Crippen LogP contribution in [0.4, 0.5) is 0 Å². The fraction of sp³-hybridized carbons (Fsp3) is 0.316. The first kappa shape index (κ1) is 14.8. The molecule has 0 heterocycles. The highest BCUT2D eigenvalue weighted by Crippen LogP contribution is 2.48. The minimum atomic E-state index is -0.0107. The summed E-state index contributed by atoms with van der Waals surface area (Å²) in [4.78, 5) is 12.3. The highest BCUT2D eigenvalue weighted by Gasteiger charge is 2.45. The molecule has 0 aromatic heterocycles. The van der Waals surface area contributed by atoms with Crippen LogP contribution in [-0.4, -0.2) is 12.5 Å². The molecule has 2 aromatic carbocycles. The normalized spacial score (nSPS) is 15.4. The van der Waals surface area contributed by atoms with Crippen LogP contribution in [0.5, 0.6) is 0 Å². The van der Waals surface area contributed by atoms with E-state index in [0.29, 0.717) is 18.7 Å². The van der Waals surface area contributed by atoms with E-state index in [4.69, 9.17) is 5.73 Å². The lowest BCUT2D eigenvalue weighted by Gasteiger charge is -2.19. The van der Waals surface area contributed by atoms with Gasteiger partial charge in [-0.3, -0.25) is 4.79 Å². The molecule has 1 fully saturated rings. The summed E-state index contributed by atoms with van der Waals surface area (Å²) in [7, 11) is 0. The van der Waals surface area contributed by atoms with Crippen LogP contribution in [0.25, 0.3) is 0 Å². The molecule has 1 aliphatic rings. The number of hydrogen-bond donors (Lipinski definition) is 2. The van der Waals surface area contributed by atoms with Crippen LogP contribution in [0.2, 0.25) is 0 Å². The molecule has 0 bridgehead atoms. The number of benzene rings is 2. The number of nitrogens with two attached hydrogens (primary N) is 1. The standard InChI is InChI=1S/C19H22N2O/c1-14-4-2-3-5-17(14)19(10-11-19)13-21-18(22)16-8-6-15(12-20)7-9-16/h2-9H,10-13,20H2,1H3,(H,21,22). The molecule has 1 saturated carbocycles. The van der Waals surface area contributed by atoms with Crippen LogP contribution in [0.3, 0.4) is 0 Å². The minimum absolute atomic E-state index is 0.0107. The molecule has 0 aliphatic heterocycles. The molecule has 1 amide bonds. The Morgan fingerprint density at radius 1 is 1.14 bits per heavy atom. The molecule has 1 aliphatic carbocycles. The van der Waals surface area contributed by atoms with E-state index in [1.165, 1.54) is 11.1 Å². The van der Waals surface area contributed by atoms with Crippen molar-refractivity contribution >= 4 is 5.91 Å². The van der Waals surface area contributed by atoms with E-state index in [9.17, 15) is 4.79 Å². The van der Waals surface area contributed by atoms with Gasteiger partial charge in [0.1, 0.15) is 0 Å². The van der Waals surface area contributed by atoms with Crippen LogP contribution < -0.4 is 11.1 Å². The van der Waals surface area contributed by atoms with Gasteiger partial charge in [0.05, 0.1) is 0 Å². The third-order valence-corrected chi connectivity index (χ3v) is 4.61. The highest BCUT2D eigenvalue weighted by atomic mass is 16.1. The van der Waals surface area contributed by atoms with Gasteiger partial charge in [-0.1, -0.05) is 36.4 Å². The molecule has 114 valence electrons. The number of amides is 1. The fourth-order valence-corrected chi connectivity index (χ4v) is 3.00. The van der Waals surface area contributed by atoms with Gasteiger partial charge in [-0.2, -0.15) is 0 Å². The summed E-state index contributed by atoms with van der Waals surface area (Å²) in [5.74, 6) is -0.0107. The predicted octanol–water partition coefficient (Wildman–Crippen LogP) is 2.92. The fourth-order valence-electron chi connectivity index (χ4n) is 3.00. The predicted molar refractivity (Wildman–Crippen MR) is 88.8 cm³/mol. The molecule has 0 atom stereocenters. The van der Waals surface area contributed by atoms with Gasteiger partial charge in [0.25, 0.3) is 5.91 Å². The van der Waals surface area contributed by atoms with Gasteiger partial charge in [0.15, 0.2) is 0 Å².